The molecule has 2 atom stereocenters. The molecular formula is C25H29ClN4O4. The predicted octanol–water partition coefficient (Wildman–Crippen LogP) is 4.15. The molecule has 8 nitrogen and oxygen atoms in total. The molecule has 0 radical (unpaired) electrons. The van der Waals surface area contributed by atoms with Crippen LogP contribution in [0, 0.1) is 0 Å². The van der Waals surface area contributed by atoms with Crippen LogP contribution in [0.25, 0.3) is 10.9 Å². The van der Waals surface area contributed by atoms with Gasteiger partial charge in [-0.3, -0.25) is 9.69 Å². The molecule has 2 N–H and O–H groups in total. The highest BCUT2D eigenvalue weighted by molar-refractivity contribution is 6.31. The van der Waals surface area contributed by atoms with Crippen molar-refractivity contribution in [3.05, 3.63) is 53.2 Å². The summed E-state index contributed by atoms with van der Waals surface area (Å²) in [5.74, 6) is 0.0592. The topological polar surface area (TPSA) is 86.9 Å². The number of carbonyl (C=O) groups is 2. The van der Waals surface area contributed by atoms with Crippen molar-refractivity contribution in [3.8, 4) is 5.75 Å². The Morgan fingerprint density at radius 3 is 2.68 bits per heavy atom. The van der Waals surface area contributed by atoms with Crippen LogP contribution in [0.4, 0.5) is 11.4 Å². The van der Waals surface area contributed by atoms with Crippen molar-refractivity contribution in [1.82, 2.24) is 9.88 Å². The van der Waals surface area contributed by atoms with Gasteiger partial charge in [-0.25, -0.2) is 4.79 Å². The summed E-state index contributed by atoms with van der Waals surface area (Å²) < 4.78 is 10.3. The maximum Gasteiger partial charge on any atom is 0.356 e. The summed E-state index contributed by atoms with van der Waals surface area (Å²) in [6, 6.07) is 13.0. The number of rotatable bonds is 6. The molecule has 9 heteroatoms. The summed E-state index contributed by atoms with van der Waals surface area (Å²) in [5, 5.41) is 4.11. The van der Waals surface area contributed by atoms with Gasteiger partial charge in [0.15, 0.2) is 0 Å². The van der Waals surface area contributed by atoms with Gasteiger partial charge < -0.3 is 24.7 Å². The van der Waals surface area contributed by atoms with Crippen molar-refractivity contribution in [1.29, 1.82) is 0 Å². The van der Waals surface area contributed by atoms with Crippen LogP contribution in [0.2, 0.25) is 5.02 Å². The first kappa shape index (κ1) is 23.9. The minimum atomic E-state index is -0.559. The number of H-pyrrole nitrogens is 1. The summed E-state index contributed by atoms with van der Waals surface area (Å²) in [5.41, 5.74) is 2.36. The van der Waals surface area contributed by atoms with E-state index >= 15 is 0 Å². The number of esters is 1. The third-order valence-corrected chi connectivity index (χ3v) is 6.60. The van der Waals surface area contributed by atoms with E-state index in [1.165, 1.54) is 7.11 Å². The number of methoxy groups -OCH3 is 2. The highest BCUT2D eigenvalue weighted by atomic mass is 35.5. The normalized spacial score (nSPS) is 17.4. The minimum absolute atomic E-state index is 0.191. The first-order valence-corrected chi connectivity index (χ1v) is 11.5. The summed E-state index contributed by atoms with van der Waals surface area (Å²) in [4.78, 5) is 33.1. The standard InChI is InChI=1S/C25H29ClN4O4/c1-15-14-29(10-11-30(15)18-6-5-7-19(13-18)33-3)16(2)24(31)28-22-20-12-17(26)8-9-21(20)27-23(22)25(32)34-4/h5-9,12-13,15-16,27H,10-11,14H2,1-4H3,(H,28,31)/t15-,16+/m0/s1. The lowest BCUT2D eigenvalue weighted by Gasteiger charge is -2.43. The number of carbonyl (C=O) groups excluding carboxylic acids is 2. The molecule has 1 amide bonds. The Morgan fingerprint density at radius 1 is 1.18 bits per heavy atom. The van der Waals surface area contributed by atoms with Crippen LogP contribution in [-0.2, 0) is 9.53 Å². The Hall–Kier alpha value is -3.23. The van der Waals surface area contributed by atoms with E-state index in [1.54, 1.807) is 25.3 Å². The van der Waals surface area contributed by atoms with E-state index in [0.717, 1.165) is 31.1 Å². The highest BCUT2D eigenvalue weighted by Gasteiger charge is 2.31. The van der Waals surface area contributed by atoms with Gasteiger partial charge in [0.25, 0.3) is 0 Å². The summed E-state index contributed by atoms with van der Waals surface area (Å²) in [7, 11) is 2.96. The third kappa shape index (κ3) is 4.69. The number of nitrogens with zero attached hydrogens (tertiary/aromatic N) is 2. The number of aromatic amines is 1. The Morgan fingerprint density at radius 2 is 1.97 bits per heavy atom. The molecular weight excluding hydrogens is 456 g/mol. The lowest BCUT2D eigenvalue weighted by Crippen LogP contribution is -2.56. The number of fused-ring (bicyclic) bond motifs is 1. The number of anilines is 2. The van der Waals surface area contributed by atoms with E-state index < -0.39 is 12.0 Å². The zero-order valence-electron chi connectivity index (χ0n) is 19.7. The second-order valence-corrected chi connectivity index (χ2v) is 8.90. The Bertz CT molecular complexity index is 1210. The monoisotopic (exact) mass is 484 g/mol. The van der Waals surface area contributed by atoms with Gasteiger partial charge in [-0.2, -0.15) is 0 Å². The number of piperazine rings is 1. The second kappa shape index (κ2) is 9.95. The number of halogens is 1. The molecule has 1 aliphatic rings. The molecule has 1 aromatic heterocycles. The largest absolute Gasteiger partial charge is 0.497 e. The maximum atomic E-state index is 13.3. The SMILES string of the molecule is COC(=O)c1[nH]c2ccc(Cl)cc2c1NC(=O)[C@@H](C)N1CCN(c2cccc(OC)c2)[C@@H](C)C1. The van der Waals surface area contributed by atoms with E-state index in [2.05, 4.69) is 33.1 Å². The van der Waals surface area contributed by atoms with Crippen molar-refractivity contribution < 1.29 is 19.1 Å². The van der Waals surface area contributed by atoms with Gasteiger partial charge in [-0.1, -0.05) is 17.7 Å². The van der Waals surface area contributed by atoms with Crippen molar-refractivity contribution in [2.75, 3.05) is 44.1 Å². The van der Waals surface area contributed by atoms with Gasteiger partial charge in [0, 0.05) is 53.4 Å². The number of amides is 1. The van der Waals surface area contributed by atoms with E-state index in [-0.39, 0.29) is 17.6 Å². The quantitative estimate of drug-likeness (QED) is 0.511. The van der Waals surface area contributed by atoms with Crippen LogP contribution in [0.15, 0.2) is 42.5 Å². The first-order chi connectivity index (χ1) is 16.3. The number of hydrogen-bond acceptors (Lipinski definition) is 6. The van der Waals surface area contributed by atoms with Crippen LogP contribution in [0.5, 0.6) is 5.75 Å². The Labute approximate surface area is 203 Å². The molecule has 1 aliphatic heterocycles. The summed E-state index contributed by atoms with van der Waals surface area (Å²) in [6.07, 6.45) is 0. The Balaban J connectivity index is 1.50. The molecule has 0 unspecified atom stereocenters. The van der Waals surface area contributed by atoms with Crippen LogP contribution >= 0.6 is 11.6 Å². The van der Waals surface area contributed by atoms with Gasteiger partial charge in [-0.15, -0.1) is 0 Å². The molecule has 2 aromatic carbocycles. The van der Waals surface area contributed by atoms with Crippen LogP contribution in [-0.4, -0.2) is 67.7 Å². The fourth-order valence-corrected chi connectivity index (χ4v) is 4.62. The lowest BCUT2D eigenvalue weighted by molar-refractivity contribution is -0.121. The summed E-state index contributed by atoms with van der Waals surface area (Å²) in [6.45, 7) is 6.24. The molecule has 0 saturated carbocycles. The first-order valence-electron chi connectivity index (χ1n) is 11.2. The van der Waals surface area contributed by atoms with E-state index in [9.17, 15) is 9.59 Å². The molecule has 4 rings (SSSR count). The van der Waals surface area contributed by atoms with Gasteiger partial charge in [-0.05, 0) is 44.2 Å². The molecule has 1 saturated heterocycles. The zero-order valence-corrected chi connectivity index (χ0v) is 20.5. The smallest absolute Gasteiger partial charge is 0.356 e. The summed E-state index contributed by atoms with van der Waals surface area (Å²) >= 11 is 6.17. The fraction of sp³-hybridized carbons (Fsp3) is 0.360. The van der Waals surface area contributed by atoms with Crippen LogP contribution in [0.3, 0.4) is 0 Å². The van der Waals surface area contributed by atoms with E-state index in [0.29, 0.717) is 21.6 Å². The number of hydrogen-bond donors (Lipinski definition) is 2. The second-order valence-electron chi connectivity index (χ2n) is 8.46. The fourth-order valence-electron chi connectivity index (χ4n) is 4.45. The van der Waals surface area contributed by atoms with Crippen molar-refractivity contribution in [2.24, 2.45) is 0 Å². The average Bonchev–Trinajstić information content (AvgIpc) is 3.20. The average molecular weight is 485 g/mol. The lowest BCUT2D eigenvalue weighted by atomic mass is 10.1. The maximum absolute atomic E-state index is 13.3. The van der Waals surface area contributed by atoms with Crippen molar-refractivity contribution in [3.63, 3.8) is 0 Å². The minimum Gasteiger partial charge on any atom is -0.497 e. The van der Waals surface area contributed by atoms with E-state index in [1.807, 2.05) is 25.1 Å². The molecule has 0 aliphatic carbocycles. The Kier molecular flexibility index (Phi) is 7.00. The number of aromatic nitrogens is 1. The van der Waals surface area contributed by atoms with Gasteiger partial charge in [0.2, 0.25) is 5.91 Å². The molecule has 34 heavy (non-hydrogen) atoms. The predicted molar refractivity (Wildman–Crippen MR) is 134 cm³/mol. The van der Waals surface area contributed by atoms with Gasteiger partial charge in [0.05, 0.1) is 25.9 Å². The van der Waals surface area contributed by atoms with Gasteiger partial charge in [0.1, 0.15) is 11.4 Å². The van der Waals surface area contributed by atoms with Crippen molar-refractivity contribution >= 4 is 45.8 Å². The van der Waals surface area contributed by atoms with E-state index in [4.69, 9.17) is 21.1 Å². The van der Waals surface area contributed by atoms with Crippen LogP contribution in [0.1, 0.15) is 24.3 Å². The van der Waals surface area contributed by atoms with Crippen molar-refractivity contribution in [2.45, 2.75) is 25.9 Å². The van der Waals surface area contributed by atoms with Gasteiger partial charge >= 0.3 is 5.97 Å². The molecule has 3 aromatic rings. The number of nitrogens with one attached hydrogen (secondary N) is 2. The molecule has 0 bridgehead atoms. The number of benzene rings is 2. The highest BCUT2D eigenvalue weighted by Crippen LogP contribution is 2.31. The molecule has 0 spiro atoms. The molecule has 2 heterocycles. The molecule has 1 fully saturated rings. The third-order valence-electron chi connectivity index (χ3n) is 6.37. The zero-order chi connectivity index (χ0) is 24.4. The number of ether oxygens (including phenoxy) is 2. The molecule has 180 valence electrons. The van der Waals surface area contributed by atoms with Crippen LogP contribution < -0.4 is 15.0 Å².